The molecule has 0 aliphatic rings. The van der Waals surface area contributed by atoms with Gasteiger partial charge in [-0.25, -0.2) is 0 Å². The van der Waals surface area contributed by atoms with Crippen LogP contribution in [0.4, 0.5) is 13.2 Å². The molecule has 4 aromatic carbocycles. The second kappa shape index (κ2) is 17.2. The molecule has 0 bridgehead atoms. The summed E-state index contributed by atoms with van der Waals surface area (Å²) < 4.78 is 46.1. The first-order valence-electron chi connectivity index (χ1n) is 15.6. The number of nitrogens with zero attached hydrogens (tertiary/aromatic N) is 1. The SMILES string of the molecule is CSc1ccc(-c2ccc(COc3ccc(CC(F)(F)F)cc3CCN(CCCCC(=O)O)Cc3ccc(C(C)=O)cc3)cc2)cc1. The molecule has 0 amide bonds. The van der Waals surface area contributed by atoms with Crippen LogP contribution >= 0.6 is 11.8 Å². The van der Waals surface area contributed by atoms with E-state index in [1.807, 2.05) is 42.7 Å². The van der Waals surface area contributed by atoms with Crippen LogP contribution in [0.3, 0.4) is 0 Å². The Morgan fingerprint density at radius 3 is 2.02 bits per heavy atom. The summed E-state index contributed by atoms with van der Waals surface area (Å²) in [5.74, 6) is -0.339. The maximum atomic E-state index is 13.3. The first kappa shape index (κ1) is 35.8. The third-order valence-electron chi connectivity index (χ3n) is 7.88. The first-order chi connectivity index (χ1) is 22.5. The minimum absolute atomic E-state index is 0.0229. The van der Waals surface area contributed by atoms with Gasteiger partial charge in [-0.15, -0.1) is 11.8 Å². The zero-order valence-electron chi connectivity index (χ0n) is 26.7. The van der Waals surface area contributed by atoms with Gasteiger partial charge >= 0.3 is 12.1 Å². The largest absolute Gasteiger partial charge is 0.489 e. The highest BCUT2D eigenvalue weighted by Gasteiger charge is 2.28. The summed E-state index contributed by atoms with van der Waals surface area (Å²) in [4.78, 5) is 26.1. The number of carboxylic acid groups (broad SMARTS) is 1. The van der Waals surface area contributed by atoms with Crippen molar-refractivity contribution < 1.29 is 32.6 Å². The molecule has 0 spiro atoms. The molecule has 47 heavy (non-hydrogen) atoms. The van der Waals surface area contributed by atoms with E-state index in [0.29, 0.717) is 55.8 Å². The van der Waals surface area contributed by atoms with Crippen molar-refractivity contribution in [3.8, 4) is 16.9 Å². The Hall–Kier alpha value is -4.08. The van der Waals surface area contributed by atoms with Crippen molar-refractivity contribution in [2.75, 3.05) is 19.3 Å². The number of carbonyl (C=O) groups is 2. The van der Waals surface area contributed by atoms with Crippen LogP contribution in [0, 0.1) is 0 Å². The zero-order valence-corrected chi connectivity index (χ0v) is 27.5. The second-order valence-corrected chi connectivity index (χ2v) is 12.5. The van der Waals surface area contributed by atoms with E-state index in [2.05, 4.69) is 29.2 Å². The quantitative estimate of drug-likeness (QED) is 0.0690. The van der Waals surface area contributed by atoms with Crippen LogP contribution in [0.1, 0.15) is 58.8 Å². The molecule has 0 fully saturated rings. The monoisotopic (exact) mass is 663 g/mol. The van der Waals surface area contributed by atoms with Gasteiger partial charge in [0.2, 0.25) is 0 Å². The highest BCUT2D eigenvalue weighted by Crippen LogP contribution is 2.28. The van der Waals surface area contributed by atoms with E-state index in [0.717, 1.165) is 22.3 Å². The van der Waals surface area contributed by atoms with E-state index in [9.17, 15) is 22.8 Å². The molecule has 0 aliphatic heterocycles. The number of benzene rings is 4. The predicted molar refractivity (Wildman–Crippen MR) is 181 cm³/mol. The number of alkyl halides is 3. The van der Waals surface area contributed by atoms with Crippen molar-refractivity contribution in [1.29, 1.82) is 0 Å². The molecule has 0 radical (unpaired) electrons. The molecular formula is C38H40F3NO4S. The molecule has 0 heterocycles. The zero-order chi connectivity index (χ0) is 33.8. The summed E-state index contributed by atoms with van der Waals surface area (Å²) in [5.41, 5.74) is 5.58. The van der Waals surface area contributed by atoms with Crippen LogP contribution in [0.2, 0.25) is 0 Å². The molecule has 0 unspecified atom stereocenters. The first-order valence-corrected chi connectivity index (χ1v) is 16.8. The number of hydrogen-bond acceptors (Lipinski definition) is 5. The number of aliphatic carboxylic acids is 1. The maximum absolute atomic E-state index is 13.3. The molecule has 9 heteroatoms. The lowest BCUT2D eigenvalue weighted by molar-refractivity contribution is -0.137. The fraction of sp³-hybridized carbons (Fsp3) is 0.316. The standard InChI is InChI=1S/C38H40F3NO4S/c1-27(43)31-11-6-28(7-12-31)25-42(21-4-3-5-37(44)45)22-20-34-23-30(24-38(39,40)41)10-19-36(34)46-26-29-8-13-32(14-9-29)33-15-17-35(47-2)18-16-33/h6-19,23H,3-5,20-22,24-26H2,1-2H3,(H,44,45). The summed E-state index contributed by atoms with van der Waals surface area (Å²) in [6.07, 6.45) is -1.63. The number of rotatable bonds is 17. The number of carbonyl (C=O) groups excluding carboxylic acids is 1. The smallest absolute Gasteiger partial charge is 0.393 e. The number of ketones is 1. The van der Waals surface area contributed by atoms with Crippen molar-refractivity contribution >= 4 is 23.5 Å². The van der Waals surface area contributed by atoms with E-state index in [4.69, 9.17) is 9.84 Å². The highest BCUT2D eigenvalue weighted by molar-refractivity contribution is 7.98. The van der Waals surface area contributed by atoms with Gasteiger partial charge in [-0.05, 0) is 90.6 Å². The molecule has 5 nitrogen and oxygen atoms in total. The number of hydrogen-bond donors (Lipinski definition) is 1. The van der Waals surface area contributed by atoms with Gasteiger partial charge in [0.15, 0.2) is 5.78 Å². The lowest BCUT2D eigenvalue weighted by Gasteiger charge is -2.23. The number of halogens is 3. The average Bonchev–Trinajstić information content (AvgIpc) is 3.04. The number of ether oxygens (including phenoxy) is 1. The molecule has 1 N–H and O–H groups in total. The Balaban J connectivity index is 1.48. The molecule has 248 valence electrons. The number of thioether (sulfide) groups is 1. The number of unbranched alkanes of at least 4 members (excludes halogenated alkanes) is 1. The molecule has 4 rings (SSSR count). The van der Waals surface area contributed by atoms with E-state index in [1.165, 1.54) is 17.9 Å². The van der Waals surface area contributed by atoms with Gasteiger partial charge < -0.3 is 9.84 Å². The average molecular weight is 664 g/mol. The molecule has 0 saturated carbocycles. The summed E-state index contributed by atoms with van der Waals surface area (Å²) in [6.45, 7) is 3.47. The van der Waals surface area contributed by atoms with Crippen molar-refractivity contribution in [3.05, 3.63) is 119 Å². The predicted octanol–water partition coefficient (Wildman–Crippen LogP) is 9.26. The minimum Gasteiger partial charge on any atom is -0.489 e. The molecule has 4 aromatic rings. The Kier molecular flexibility index (Phi) is 13.1. The molecule has 0 aliphatic carbocycles. The van der Waals surface area contributed by atoms with Crippen LogP contribution in [0.25, 0.3) is 11.1 Å². The van der Waals surface area contributed by atoms with Gasteiger partial charge in [0.1, 0.15) is 12.4 Å². The van der Waals surface area contributed by atoms with Gasteiger partial charge in [-0.3, -0.25) is 14.5 Å². The van der Waals surface area contributed by atoms with E-state index in [-0.39, 0.29) is 24.4 Å². The van der Waals surface area contributed by atoms with Gasteiger partial charge in [-0.2, -0.15) is 13.2 Å². The van der Waals surface area contributed by atoms with Crippen LogP contribution in [-0.4, -0.2) is 47.3 Å². The van der Waals surface area contributed by atoms with Crippen molar-refractivity contribution in [1.82, 2.24) is 4.90 Å². The Morgan fingerprint density at radius 1 is 0.809 bits per heavy atom. The third kappa shape index (κ3) is 11.9. The van der Waals surface area contributed by atoms with E-state index in [1.54, 1.807) is 36.0 Å². The molecule has 0 saturated heterocycles. The Labute approximate surface area is 278 Å². The number of carboxylic acids is 1. The third-order valence-corrected chi connectivity index (χ3v) is 8.62. The van der Waals surface area contributed by atoms with Gasteiger partial charge in [0.25, 0.3) is 0 Å². The summed E-state index contributed by atoms with van der Waals surface area (Å²) in [5, 5.41) is 9.05. The molecular weight excluding hydrogens is 623 g/mol. The van der Waals surface area contributed by atoms with Crippen molar-refractivity contribution in [2.24, 2.45) is 0 Å². The van der Waals surface area contributed by atoms with Crippen LogP contribution < -0.4 is 4.74 Å². The van der Waals surface area contributed by atoms with Crippen molar-refractivity contribution in [3.63, 3.8) is 0 Å². The van der Waals surface area contributed by atoms with Crippen LogP contribution in [0.5, 0.6) is 5.75 Å². The molecule has 0 aromatic heterocycles. The minimum atomic E-state index is -4.33. The van der Waals surface area contributed by atoms with Gasteiger partial charge in [0.05, 0.1) is 6.42 Å². The lowest BCUT2D eigenvalue weighted by Crippen LogP contribution is -2.27. The summed E-state index contributed by atoms with van der Waals surface area (Å²) in [7, 11) is 0. The highest BCUT2D eigenvalue weighted by atomic mass is 32.2. The van der Waals surface area contributed by atoms with E-state index < -0.39 is 18.6 Å². The fourth-order valence-corrected chi connectivity index (χ4v) is 5.72. The fourth-order valence-electron chi connectivity index (χ4n) is 5.31. The Bertz CT molecular complexity index is 1600. The second-order valence-electron chi connectivity index (χ2n) is 11.6. The summed E-state index contributed by atoms with van der Waals surface area (Å²) in [6, 6.07) is 28.4. The van der Waals surface area contributed by atoms with Crippen molar-refractivity contribution in [2.45, 2.75) is 63.3 Å². The number of Topliss-reactive ketones (excluding diaryl/α,β-unsaturated/α-hetero) is 1. The maximum Gasteiger partial charge on any atom is 0.393 e. The lowest BCUT2D eigenvalue weighted by atomic mass is 10.0. The van der Waals surface area contributed by atoms with Gasteiger partial charge in [-0.1, -0.05) is 72.8 Å². The summed E-state index contributed by atoms with van der Waals surface area (Å²) >= 11 is 1.69. The molecule has 0 atom stereocenters. The van der Waals surface area contributed by atoms with Crippen LogP contribution in [0.15, 0.2) is 95.9 Å². The van der Waals surface area contributed by atoms with Gasteiger partial charge in [0, 0.05) is 30.0 Å². The normalized spacial score (nSPS) is 11.5. The Morgan fingerprint density at radius 2 is 1.43 bits per heavy atom. The van der Waals surface area contributed by atoms with Crippen LogP contribution in [-0.2, 0) is 30.8 Å². The van der Waals surface area contributed by atoms with E-state index >= 15 is 0 Å². The topological polar surface area (TPSA) is 66.8 Å².